The van der Waals surface area contributed by atoms with Crippen LogP contribution < -0.4 is 10.5 Å². The van der Waals surface area contributed by atoms with Gasteiger partial charge in [0.2, 0.25) is 0 Å². The molecular formula is C13H12N2O3. The maximum Gasteiger partial charge on any atom is 0.265 e. The van der Waals surface area contributed by atoms with Gasteiger partial charge in [-0.05, 0) is 30.3 Å². The number of nitrogens with zero attached hydrogens (tertiary/aromatic N) is 1. The molecule has 1 amide bonds. The molecule has 92 valence electrons. The second-order valence-electron chi connectivity index (χ2n) is 3.71. The smallest absolute Gasteiger partial charge is 0.265 e. The topological polar surface area (TPSA) is 74.3 Å². The molecule has 2 aromatic rings. The zero-order valence-electron chi connectivity index (χ0n) is 9.79. The minimum Gasteiger partial charge on any atom is -0.497 e. The van der Waals surface area contributed by atoms with Crippen molar-refractivity contribution >= 4 is 12.2 Å². The highest BCUT2D eigenvalue weighted by molar-refractivity contribution is 5.94. The summed E-state index contributed by atoms with van der Waals surface area (Å²) < 4.78 is 6.63. The van der Waals surface area contributed by atoms with Crippen molar-refractivity contribution in [1.29, 1.82) is 0 Å². The Hall–Kier alpha value is -2.56. The predicted octanol–water partition coefficient (Wildman–Crippen LogP) is 1.40. The maximum absolute atomic E-state index is 11.3. The van der Waals surface area contributed by atoms with E-state index in [1.165, 1.54) is 6.07 Å². The van der Waals surface area contributed by atoms with Crippen LogP contribution in [-0.4, -0.2) is 23.9 Å². The van der Waals surface area contributed by atoms with Gasteiger partial charge < -0.3 is 15.0 Å². The van der Waals surface area contributed by atoms with Crippen molar-refractivity contribution in [3.63, 3.8) is 0 Å². The third-order valence-electron chi connectivity index (χ3n) is 2.58. The van der Waals surface area contributed by atoms with Crippen LogP contribution in [0.15, 0.2) is 36.5 Å². The van der Waals surface area contributed by atoms with Gasteiger partial charge in [0.25, 0.3) is 5.91 Å². The minimum absolute atomic E-state index is 0.266. The van der Waals surface area contributed by atoms with Crippen LogP contribution in [-0.2, 0) is 0 Å². The van der Waals surface area contributed by atoms with Gasteiger partial charge in [0.1, 0.15) is 11.4 Å². The van der Waals surface area contributed by atoms with Crippen molar-refractivity contribution in [1.82, 2.24) is 4.57 Å². The molecule has 2 rings (SSSR count). The zero-order chi connectivity index (χ0) is 13.1. The fourth-order valence-corrected chi connectivity index (χ4v) is 1.69. The van der Waals surface area contributed by atoms with Gasteiger partial charge in [0, 0.05) is 17.4 Å². The molecule has 1 aromatic heterocycles. The summed E-state index contributed by atoms with van der Waals surface area (Å²) in [6.07, 6.45) is 2.24. The van der Waals surface area contributed by atoms with Crippen LogP contribution in [0.2, 0.25) is 0 Å². The van der Waals surface area contributed by atoms with Crippen molar-refractivity contribution in [2.45, 2.75) is 0 Å². The van der Waals surface area contributed by atoms with Gasteiger partial charge in [-0.15, -0.1) is 0 Å². The highest BCUT2D eigenvalue weighted by atomic mass is 16.5. The molecule has 1 aromatic carbocycles. The minimum atomic E-state index is -0.584. The summed E-state index contributed by atoms with van der Waals surface area (Å²) in [4.78, 5) is 22.0. The fraction of sp³-hybridized carbons (Fsp3) is 0.0769. The van der Waals surface area contributed by atoms with E-state index in [1.54, 1.807) is 42.1 Å². The fourth-order valence-electron chi connectivity index (χ4n) is 1.69. The van der Waals surface area contributed by atoms with E-state index in [1.807, 2.05) is 0 Å². The molecule has 0 fully saturated rings. The normalized spacial score (nSPS) is 10.1. The Morgan fingerprint density at radius 3 is 2.50 bits per heavy atom. The van der Waals surface area contributed by atoms with Crippen LogP contribution in [0.25, 0.3) is 5.69 Å². The van der Waals surface area contributed by atoms with Crippen LogP contribution in [0, 0.1) is 0 Å². The molecule has 0 saturated carbocycles. The number of amides is 1. The summed E-state index contributed by atoms with van der Waals surface area (Å²) >= 11 is 0. The number of rotatable bonds is 4. The molecule has 2 N–H and O–H groups in total. The molecule has 0 aliphatic carbocycles. The molecule has 0 saturated heterocycles. The van der Waals surface area contributed by atoms with Crippen molar-refractivity contribution < 1.29 is 14.3 Å². The summed E-state index contributed by atoms with van der Waals surface area (Å²) in [7, 11) is 1.57. The van der Waals surface area contributed by atoms with Gasteiger partial charge in [0.05, 0.1) is 7.11 Å². The Kier molecular flexibility index (Phi) is 3.14. The number of carbonyl (C=O) groups excluding carboxylic acids is 2. The number of aldehydes is 1. The molecule has 0 bridgehead atoms. The van der Waals surface area contributed by atoms with E-state index < -0.39 is 5.91 Å². The average Bonchev–Trinajstić information content (AvgIpc) is 2.83. The van der Waals surface area contributed by atoms with E-state index >= 15 is 0 Å². The van der Waals surface area contributed by atoms with Gasteiger partial charge >= 0.3 is 0 Å². The van der Waals surface area contributed by atoms with Crippen LogP contribution >= 0.6 is 0 Å². The first-order valence-electron chi connectivity index (χ1n) is 5.27. The highest BCUT2D eigenvalue weighted by Gasteiger charge is 2.11. The Morgan fingerprint density at radius 2 is 2.00 bits per heavy atom. The standard InChI is InChI=1S/C13H12N2O3/c1-18-11-4-2-10(3-5-11)15-7-9(8-16)6-12(15)13(14)17/h2-8H,1H3,(H2,14,17). The Bertz CT molecular complexity index is 585. The van der Waals surface area contributed by atoms with Crippen molar-refractivity contribution in [2.75, 3.05) is 7.11 Å². The zero-order valence-corrected chi connectivity index (χ0v) is 9.79. The number of benzene rings is 1. The van der Waals surface area contributed by atoms with Gasteiger partial charge in [0.15, 0.2) is 6.29 Å². The Morgan fingerprint density at radius 1 is 1.33 bits per heavy atom. The largest absolute Gasteiger partial charge is 0.497 e. The number of primary amides is 1. The summed E-state index contributed by atoms with van der Waals surface area (Å²) in [5.74, 6) is 0.126. The highest BCUT2D eigenvalue weighted by Crippen LogP contribution is 2.18. The number of aromatic nitrogens is 1. The first-order valence-corrected chi connectivity index (χ1v) is 5.27. The van der Waals surface area contributed by atoms with Crippen LogP contribution in [0.1, 0.15) is 20.8 Å². The number of nitrogens with two attached hydrogens (primary N) is 1. The Balaban J connectivity index is 2.51. The lowest BCUT2D eigenvalue weighted by Crippen LogP contribution is -2.15. The van der Waals surface area contributed by atoms with Crippen molar-refractivity contribution in [3.8, 4) is 11.4 Å². The molecule has 0 aliphatic rings. The first-order chi connectivity index (χ1) is 8.65. The number of ether oxygens (including phenoxy) is 1. The average molecular weight is 244 g/mol. The monoisotopic (exact) mass is 244 g/mol. The third kappa shape index (κ3) is 2.10. The van der Waals surface area contributed by atoms with Crippen LogP contribution in [0.5, 0.6) is 5.75 Å². The molecular weight excluding hydrogens is 232 g/mol. The SMILES string of the molecule is COc1ccc(-n2cc(C=O)cc2C(N)=O)cc1. The lowest BCUT2D eigenvalue weighted by molar-refractivity contribution is 0.0993. The number of hydrogen-bond donors (Lipinski definition) is 1. The number of methoxy groups -OCH3 is 1. The second kappa shape index (κ2) is 4.75. The van der Waals surface area contributed by atoms with Gasteiger partial charge in [-0.2, -0.15) is 0 Å². The van der Waals surface area contributed by atoms with E-state index in [2.05, 4.69) is 0 Å². The van der Waals surface area contributed by atoms with E-state index in [0.29, 0.717) is 17.6 Å². The van der Waals surface area contributed by atoms with Crippen molar-refractivity contribution in [2.24, 2.45) is 5.73 Å². The molecule has 5 nitrogen and oxygen atoms in total. The lowest BCUT2D eigenvalue weighted by Gasteiger charge is -2.07. The molecule has 18 heavy (non-hydrogen) atoms. The second-order valence-corrected chi connectivity index (χ2v) is 3.71. The van der Waals surface area contributed by atoms with Gasteiger partial charge in [-0.3, -0.25) is 9.59 Å². The van der Waals surface area contributed by atoms with Crippen LogP contribution in [0.3, 0.4) is 0 Å². The molecule has 1 heterocycles. The molecule has 0 unspecified atom stereocenters. The summed E-state index contributed by atoms with van der Waals surface area (Å²) in [5.41, 5.74) is 6.68. The van der Waals surface area contributed by atoms with E-state index in [4.69, 9.17) is 10.5 Å². The van der Waals surface area contributed by atoms with Gasteiger partial charge in [-0.1, -0.05) is 0 Å². The molecule has 0 aliphatic heterocycles. The Labute approximate surface area is 104 Å². The van der Waals surface area contributed by atoms with Gasteiger partial charge in [-0.25, -0.2) is 0 Å². The third-order valence-corrected chi connectivity index (χ3v) is 2.58. The summed E-state index contributed by atoms with van der Waals surface area (Å²) in [6, 6.07) is 8.54. The number of hydrogen-bond acceptors (Lipinski definition) is 3. The van der Waals surface area contributed by atoms with Crippen molar-refractivity contribution in [3.05, 3.63) is 47.8 Å². The summed E-state index contributed by atoms with van der Waals surface area (Å²) in [5, 5.41) is 0. The van der Waals surface area contributed by atoms with E-state index in [9.17, 15) is 9.59 Å². The predicted molar refractivity (Wildman–Crippen MR) is 66.2 cm³/mol. The summed E-state index contributed by atoms with van der Waals surface area (Å²) in [6.45, 7) is 0. The molecule has 0 spiro atoms. The molecule has 0 atom stereocenters. The number of carbonyl (C=O) groups is 2. The lowest BCUT2D eigenvalue weighted by atomic mass is 10.3. The first kappa shape index (κ1) is 11.9. The quantitative estimate of drug-likeness (QED) is 0.826. The van der Waals surface area contributed by atoms with E-state index in [-0.39, 0.29) is 5.69 Å². The van der Waals surface area contributed by atoms with Crippen LogP contribution in [0.4, 0.5) is 0 Å². The maximum atomic E-state index is 11.3. The molecule has 5 heteroatoms. The molecule has 0 radical (unpaired) electrons. The van der Waals surface area contributed by atoms with E-state index in [0.717, 1.165) is 5.69 Å².